The summed E-state index contributed by atoms with van der Waals surface area (Å²) >= 11 is 0. The van der Waals surface area contributed by atoms with Gasteiger partial charge in [0.1, 0.15) is 0 Å². The van der Waals surface area contributed by atoms with Crippen molar-refractivity contribution in [1.29, 1.82) is 0 Å². The Morgan fingerprint density at radius 3 is 1.76 bits per heavy atom. The summed E-state index contributed by atoms with van der Waals surface area (Å²) in [5.74, 6) is -0.553. The van der Waals surface area contributed by atoms with E-state index in [1.54, 1.807) is 13.8 Å². The van der Waals surface area contributed by atoms with Gasteiger partial charge in [0.05, 0.1) is 24.4 Å². The Morgan fingerprint density at radius 2 is 1.43 bits per heavy atom. The van der Waals surface area contributed by atoms with Gasteiger partial charge in [-0.3, -0.25) is 0 Å². The van der Waals surface area contributed by atoms with Gasteiger partial charge in [-0.15, -0.1) is 0 Å². The number of nitrogens with one attached hydrogen (secondary N) is 1. The van der Waals surface area contributed by atoms with Crippen LogP contribution in [0.5, 0.6) is 0 Å². The first kappa shape index (κ1) is 15.6. The van der Waals surface area contributed by atoms with Crippen LogP contribution in [0.1, 0.15) is 40.5 Å². The van der Waals surface area contributed by atoms with E-state index in [2.05, 4.69) is 5.32 Å². The van der Waals surface area contributed by atoms with Crippen molar-refractivity contribution in [1.82, 2.24) is 5.32 Å². The second kappa shape index (κ2) is 6.33. The van der Waals surface area contributed by atoms with E-state index >= 15 is 0 Å². The van der Waals surface area contributed by atoms with Crippen LogP contribution in [0.4, 0.5) is 0 Å². The lowest BCUT2D eigenvalue weighted by atomic mass is 9.82. The maximum atomic E-state index is 12.3. The molecule has 5 heteroatoms. The van der Waals surface area contributed by atoms with E-state index in [0.717, 1.165) is 24.2 Å². The topological polar surface area (TPSA) is 64.6 Å². The van der Waals surface area contributed by atoms with Crippen molar-refractivity contribution >= 4 is 11.9 Å². The highest BCUT2D eigenvalue weighted by Gasteiger charge is 2.45. The highest BCUT2D eigenvalue weighted by atomic mass is 16.5. The number of rotatable bonds is 5. The van der Waals surface area contributed by atoms with E-state index in [1.807, 2.05) is 13.8 Å². The van der Waals surface area contributed by atoms with Gasteiger partial charge in [0.25, 0.3) is 0 Å². The monoisotopic (exact) mass is 293 g/mol. The van der Waals surface area contributed by atoms with Crippen molar-refractivity contribution in [2.75, 3.05) is 13.2 Å². The average Bonchev–Trinajstić information content (AvgIpc) is 3.22. The molecular weight excluding hydrogens is 270 g/mol. The predicted octanol–water partition coefficient (Wildman–Crippen LogP) is 2.29. The second-order valence-electron chi connectivity index (χ2n) is 5.46. The molecule has 1 heterocycles. The van der Waals surface area contributed by atoms with E-state index in [4.69, 9.17) is 9.47 Å². The molecule has 0 radical (unpaired) electrons. The van der Waals surface area contributed by atoms with Gasteiger partial charge in [-0.2, -0.15) is 0 Å². The van der Waals surface area contributed by atoms with Crippen LogP contribution in [0.15, 0.2) is 22.5 Å². The third-order valence-electron chi connectivity index (χ3n) is 3.89. The normalized spacial score (nSPS) is 19.4. The first-order valence-corrected chi connectivity index (χ1v) is 7.54. The predicted molar refractivity (Wildman–Crippen MR) is 78.0 cm³/mol. The van der Waals surface area contributed by atoms with Crippen LogP contribution >= 0.6 is 0 Å². The van der Waals surface area contributed by atoms with Crippen LogP contribution < -0.4 is 5.32 Å². The molecule has 0 saturated heterocycles. The average molecular weight is 293 g/mol. The molecule has 5 nitrogen and oxygen atoms in total. The smallest absolute Gasteiger partial charge is 0.336 e. The first-order chi connectivity index (χ1) is 10.0. The number of ether oxygens (including phenoxy) is 2. The standard InChI is InChI=1S/C16H23NO4/c1-5-20-15(18)12-9(3)17-10(4)13(16(19)21-6-2)14(12)11-7-8-11/h11,14,17H,5-8H2,1-4H3. The molecule has 0 unspecified atom stereocenters. The maximum absolute atomic E-state index is 12.3. The SMILES string of the molecule is CCOC(=O)C1=C(C)NC(C)=C(C(=O)OCC)C1C1CC1. The summed E-state index contributed by atoms with van der Waals surface area (Å²) in [4.78, 5) is 24.6. The Hall–Kier alpha value is -1.78. The number of allylic oxidation sites excluding steroid dienone is 2. The number of carbonyl (C=O) groups excluding carboxylic acids is 2. The van der Waals surface area contributed by atoms with Crippen LogP contribution in [0.2, 0.25) is 0 Å². The van der Waals surface area contributed by atoms with E-state index in [0.29, 0.717) is 30.3 Å². The first-order valence-electron chi connectivity index (χ1n) is 7.54. The third-order valence-corrected chi connectivity index (χ3v) is 3.89. The lowest BCUT2D eigenvalue weighted by molar-refractivity contribution is -0.140. The maximum Gasteiger partial charge on any atom is 0.336 e. The van der Waals surface area contributed by atoms with Crippen molar-refractivity contribution < 1.29 is 19.1 Å². The summed E-state index contributed by atoms with van der Waals surface area (Å²) in [6.07, 6.45) is 2.05. The van der Waals surface area contributed by atoms with Gasteiger partial charge in [0.2, 0.25) is 0 Å². The molecule has 0 aromatic heterocycles. The van der Waals surface area contributed by atoms with E-state index in [-0.39, 0.29) is 17.9 Å². The van der Waals surface area contributed by atoms with Gasteiger partial charge >= 0.3 is 11.9 Å². The van der Waals surface area contributed by atoms with E-state index < -0.39 is 0 Å². The summed E-state index contributed by atoms with van der Waals surface area (Å²) < 4.78 is 10.3. The van der Waals surface area contributed by atoms with Gasteiger partial charge in [-0.25, -0.2) is 9.59 Å². The summed E-state index contributed by atoms with van der Waals surface area (Å²) in [6, 6.07) is 0. The minimum atomic E-state index is -0.339. The van der Waals surface area contributed by atoms with Gasteiger partial charge in [0, 0.05) is 17.3 Å². The molecule has 1 saturated carbocycles. The minimum absolute atomic E-state index is 0.204. The highest BCUT2D eigenvalue weighted by molar-refractivity contribution is 5.98. The molecule has 0 aromatic rings. The summed E-state index contributed by atoms with van der Waals surface area (Å²) in [5, 5.41) is 3.13. The van der Waals surface area contributed by atoms with Crippen molar-refractivity contribution in [3.8, 4) is 0 Å². The zero-order valence-corrected chi connectivity index (χ0v) is 13.1. The number of dihydropyridines is 1. The largest absolute Gasteiger partial charge is 0.463 e. The molecule has 0 aromatic carbocycles. The Morgan fingerprint density at radius 1 is 1.00 bits per heavy atom. The molecule has 0 amide bonds. The van der Waals surface area contributed by atoms with Crippen molar-refractivity contribution in [3.63, 3.8) is 0 Å². The molecule has 0 atom stereocenters. The number of esters is 2. The zero-order valence-electron chi connectivity index (χ0n) is 13.1. The van der Waals surface area contributed by atoms with Gasteiger partial charge in [0.15, 0.2) is 0 Å². The molecule has 116 valence electrons. The summed E-state index contributed by atoms with van der Waals surface area (Å²) in [6.45, 7) is 7.92. The quantitative estimate of drug-likeness (QED) is 0.788. The Balaban J connectivity index is 2.39. The van der Waals surface area contributed by atoms with Crippen LogP contribution in [0, 0.1) is 11.8 Å². The molecule has 1 N–H and O–H groups in total. The second-order valence-corrected chi connectivity index (χ2v) is 5.46. The van der Waals surface area contributed by atoms with Crippen LogP contribution in [-0.2, 0) is 19.1 Å². The highest BCUT2D eigenvalue weighted by Crippen LogP contribution is 2.47. The number of hydrogen-bond donors (Lipinski definition) is 1. The van der Waals surface area contributed by atoms with Crippen molar-refractivity contribution in [3.05, 3.63) is 22.5 Å². The molecule has 2 aliphatic rings. The van der Waals surface area contributed by atoms with Gasteiger partial charge < -0.3 is 14.8 Å². The Labute approximate surface area is 125 Å². The lowest BCUT2D eigenvalue weighted by Gasteiger charge is -2.30. The van der Waals surface area contributed by atoms with Crippen LogP contribution in [0.3, 0.4) is 0 Å². The molecule has 0 bridgehead atoms. The van der Waals surface area contributed by atoms with E-state index in [1.165, 1.54) is 0 Å². The Kier molecular flexibility index (Phi) is 4.70. The van der Waals surface area contributed by atoms with Crippen molar-refractivity contribution in [2.24, 2.45) is 11.8 Å². The molecule has 1 aliphatic carbocycles. The van der Waals surface area contributed by atoms with Crippen LogP contribution in [-0.4, -0.2) is 25.2 Å². The number of hydrogen-bond acceptors (Lipinski definition) is 5. The molecule has 21 heavy (non-hydrogen) atoms. The van der Waals surface area contributed by atoms with Gasteiger partial charge in [-0.1, -0.05) is 0 Å². The van der Waals surface area contributed by atoms with E-state index in [9.17, 15) is 9.59 Å². The Bertz CT molecular complexity index is 474. The fourth-order valence-electron chi connectivity index (χ4n) is 2.91. The zero-order chi connectivity index (χ0) is 15.6. The summed E-state index contributed by atoms with van der Waals surface area (Å²) in [5.41, 5.74) is 2.70. The van der Waals surface area contributed by atoms with Crippen LogP contribution in [0.25, 0.3) is 0 Å². The molecule has 1 aliphatic heterocycles. The molecule has 1 fully saturated rings. The minimum Gasteiger partial charge on any atom is -0.463 e. The van der Waals surface area contributed by atoms with Crippen molar-refractivity contribution in [2.45, 2.75) is 40.5 Å². The number of carbonyl (C=O) groups is 2. The lowest BCUT2D eigenvalue weighted by Crippen LogP contribution is -2.34. The molecular formula is C16H23NO4. The third kappa shape index (κ3) is 3.12. The fraction of sp³-hybridized carbons (Fsp3) is 0.625. The fourth-order valence-corrected chi connectivity index (χ4v) is 2.91. The molecule has 2 rings (SSSR count). The van der Waals surface area contributed by atoms with Gasteiger partial charge in [-0.05, 0) is 46.5 Å². The molecule has 0 spiro atoms. The summed E-state index contributed by atoms with van der Waals surface area (Å²) in [7, 11) is 0.